The van der Waals surface area contributed by atoms with Crippen molar-refractivity contribution in [2.45, 2.75) is 45.7 Å². The predicted octanol–water partition coefficient (Wildman–Crippen LogP) is 7.22. The predicted molar refractivity (Wildman–Crippen MR) is 155 cm³/mol. The van der Waals surface area contributed by atoms with Crippen molar-refractivity contribution in [2.24, 2.45) is 5.92 Å². The summed E-state index contributed by atoms with van der Waals surface area (Å²) in [4.78, 5) is 28.8. The number of ether oxygens (including phenoxy) is 1. The number of hydrogen-bond acceptors (Lipinski definition) is 3. The summed E-state index contributed by atoms with van der Waals surface area (Å²) in [5.74, 6) is 0.634. The quantitative estimate of drug-likeness (QED) is 0.219. The third kappa shape index (κ3) is 9.54. The van der Waals surface area contributed by atoms with Gasteiger partial charge in [-0.05, 0) is 59.9 Å². The fourth-order valence-electron chi connectivity index (χ4n) is 3.90. The molecule has 3 aromatic carbocycles. The first-order valence-corrected chi connectivity index (χ1v) is 13.8. The van der Waals surface area contributed by atoms with Crippen LogP contribution in [0.25, 0.3) is 0 Å². The topological polar surface area (TPSA) is 58.6 Å². The van der Waals surface area contributed by atoms with Crippen LogP contribution in [0.15, 0.2) is 72.8 Å². The van der Waals surface area contributed by atoms with E-state index in [2.05, 4.69) is 5.32 Å². The summed E-state index contributed by atoms with van der Waals surface area (Å²) in [6.45, 7) is 5.17. The Kier molecular flexibility index (Phi) is 11.8. The Morgan fingerprint density at radius 1 is 0.895 bits per heavy atom. The highest BCUT2D eigenvalue weighted by molar-refractivity contribution is 6.42. The molecule has 5 nitrogen and oxygen atoms in total. The van der Waals surface area contributed by atoms with Gasteiger partial charge in [0.15, 0.2) is 0 Å². The molecule has 0 saturated heterocycles. The van der Waals surface area contributed by atoms with Crippen LogP contribution in [0.5, 0.6) is 5.75 Å². The summed E-state index contributed by atoms with van der Waals surface area (Å²) in [6.07, 6.45) is 1.10. The van der Waals surface area contributed by atoms with E-state index in [1.165, 1.54) is 0 Å². The van der Waals surface area contributed by atoms with Crippen LogP contribution in [0.3, 0.4) is 0 Å². The maximum Gasteiger partial charge on any atom is 0.243 e. The third-order valence-electron chi connectivity index (χ3n) is 5.91. The smallest absolute Gasteiger partial charge is 0.243 e. The lowest BCUT2D eigenvalue weighted by Crippen LogP contribution is -2.51. The molecule has 1 N–H and O–H groups in total. The Morgan fingerprint density at radius 2 is 1.61 bits per heavy atom. The van der Waals surface area contributed by atoms with Gasteiger partial charge in [0, 0.05) is 31.0 Å². The van der Waals surface area contributed by atoms with Gasteiger partial charge < -0.3 is 15.0 Å². The minimum Gasteiger partial charge on any atom is -0.494 e. The highest BCUT2D eigenvalue weighted by atomic mass is 35.5. The Hall–Kier alpha value is -2.73. The highest BCUT2D eigenvalue weighted by Gasteiger charge is 2.30. The Labute approximate surface area is 240 Å². The molecule has 2 amide bonds. The number of amides is 2. The molecular weight excluding hydrogens is 543 g/mol. The first-order chi connectivity index (χ1) is 18.2. The molecule has 0 aliphatic carbocycles. The molecule has 0 spiro atoms. The number of rotatable bonds is 13. The van der Waals surface area contributed by atoms with E-state index in [0.29, 0.717) is 46.8 Å². The molecule has 8 heteroatoms. The number of halogens is 3. The van der Waals surface area contributed by atoms with Crippen molar-refractivity contribution in [1.29, 1.82) is 0 Å². The van der Waals surface area contributed by atoms with Crippen LogP contribution >= 0.6 is 34.8 Å². The number of benzene rings is 3. The summed E-state index contributed by atoms with van der Waals surface area (Å²) in [7, 11) is 0. The summed E-state index contributed by atoms with van der Waals surface area (Å²) in [5.41, 5.74) is 1.76. The lowest BCUT2D eigenvalue weighted by Gasteiger charge is -2.32. The zero-order valence-electron chi connectivity index (χ0n) is 21.6. The van der Waals surface area contributed by atoms with Crippen molar-refractivity contribution >= 4 is 46.6 Å². The number of nitrogens with zero attached hydrogens (tertiary/aromatic N) is 1. The molecular formula is C30H33Cl3N2O3. The molecule has 0 aliphatic rings. The molecule has 1 atom stereocenters. The monoisotopic (exact) mass is 574 g/mol. The van der Waals surface area contributed by atoms with Gasteiger partial charge in [-0.1, -0.05) is 85.0 Å². The van der Waals surface area contributed by atoms with Crippen LogP contribution in [0, 0.1) is 5.92 Å². The van der Waals surface area contributed by atoms with Crippen LogP contribution < -0.4 is 10.1 Å². The summed E-state index contributed by atoms with van der Waals surface area (Å²) in [5, 5.41) is 4.49. The van der Waals surface area contributed by atoms with Gasteiger partial charge in [0.1, 0.15) is 11.8 Å². The Balaban J connectivity index is 1.80. The van der Waals surface area contributed by atoms with Crippen LogP contribution in [-0.4, -0.2) is 35.9 Å². The van der Waals surface area contributed by atoms with E-state index in [1.54, 1.807) is 41.3 Å². The molecule has 1 unspecified atom stereocenters. The van der Waals surface area contributed by atoms with E-state index in [4.69, 9.17) is 39.5 Å². The molecule has 0 aromatic heterocycles. The van der Waals surface area contributed by atoms with Crippen molar-refractivity contribution in [1.82, 2.24) is 10.2 Å². The van der Waals surface area contributed by atoms with E-state index in [1.807, 2.05) is 50.2 Å². The van der Waals surface area contributed by atoms with Crippen molar-refractivity contribution in [2.75, 3.05) is 13.2 Å². The van der Waals surface area contributed by atoms with Crippen LogP contribution in [0.2, 0.25) is 15.1 Å². The van der Waals surface area contributed by atoms with Gasteiger partial charge in [-0.3, -0.25) is 9.59 Å². The van der Waals surface area contributed by atoms with Gasteiger partial charge in [0.25, 0.3) is 0 Å². The average molecular weight is 576 g/mol. The van der Waals surface area contributed by atoms with E-state index < -0.39 is 6.04 Å². The Morgan fingerprint density at radius 3 is 2.26 bits per heavy atom. The first kappa shape index (κ1) is 29.8. The van der Waals surface area contributed by atoms with Crippen molar-refractivity contribution in [3.63, 3.8) is 0 Å². The lowest BCUT2D eigenvalue weighted by molar-refractivity contribution is -0.141. The summed E-state index contributed by atoms with van der Waals surface area (Å²) < 4.78 is 5.77. The molecule has 0 bridgehead atoms. The second-order valence-electron chi connectivity index (χ2n) is 9.52. The average Bonchev–Trinajstić information content (AvgIpc) is 2.90. The molecule has 38 heavy (non-hydrogen) atoms. The standard InChI is InChI=1S/C30H33Cl3N2O3/c1-21(2)19-34-30(37)28(18-22-7-4-3-5-8-22)35(20-23-10-15-26(32)27(33)17-23)29(36)9-6-16-38-25-13-11-24(31)12-14-25/h3-5,7-8,10-15,17,21,28H,6,9,16,18-20H2,1-2H3,(H,34,37). The van der Waals surface area contributed by atoms with E-state index in [0.717, 1.165) is 11.1 Å². The van der Waals surface area contributed by atoms with Crippen LogP contribution in [-0.2, 0) is 22.6 Å². The van der Waals surface area contributed by atoms with Crippen molar-refractivity contribution in [3.8, 4) is 5.75 Å². The maximum absolute atomic E-state index is 13.6. The second kappa shape index (κ2) is 15.0. The molecule has 0 aliphatic heterocycles. The van der Waals surface area contributed by atoms with Gasteiger partial charge in [0.05, 0.1) is 16.7 Å². The molecule has 0 fully saturated rings. The SMILES string of the molecule is CC(C)CNC(=O)C(Cc1ccccc1)N(Cc1ccc(Cl)c(Cl)c1)C(=O)CCCOc1ccc(Cl)cc1. The van der Waals surface area contributed by atoms with Crippen molar-refractivity contribution < 1.29 is 14.3 Å². The van der Waals surface area contributed by atoms with Crippen molar-refractivity contribution in [3.05, 3.63) is 99.0 Å². The van der Waals surface area contributed by atoms with Crippen LogP contribution in [0.1, 0.15) is 37.8 Å². The minimum absolute atomic E-state index is 0.142. The zero-order valence-corrected chi connectivity index (χ0v) is 23.9. The van der Waals surface area contributed by atoms with E-state index in [-0.39, 0.29) is 30.7 Å². The highest BCUT2D eigenvalue weighted by Crippen LogP contribution is 2.25. The molecule has 0 radical (unpaired) electrons. The van der Waals surface area contributed by atoms with Gasteiger partial charge in [0.2, 0.25) is 11.8 Å². The molecule has 3 aromatic rings. The maximum atomic E-state index is 13.6. The van der Waals surface area contributed by atoms with Gasteiger partial charge in [-0.15, -0.1) is 0 Å². The van der Waals surface area contributed by atoms with Gasteiger partial charge >= 0.3 is 0 Å². The minimum atomic E-state index is -0.699. The first-order valence-electron chi connectivity index (χ1n) is 12.7. The fraction of sp³-hybridized carbons (Fsp3) is 0.333. The molecule has 202 valence electrons. The number of hydrogen-bond donors (Lipinski definition) is 1. The number of nitrogens with one attached hydrogen (secondary N) is 1. The summed E-state index contributed by atoms with van der Waals surface area (Å²) >= 11 is 18.3. The fourth-order valence-corrected chi connectivity index (χ4v) is 4.35. The second-order valence-corrected chi connectivity index (χ2v) is 10.8. The molecule has 0 saturated carbocycles. The molecule has 0 heterocycles. The Bertz CT molecular complexity index is 1190. The summed E-state index contributed by atoms with van der Waals surface area (Å²) in [6, 6.07) is 21.4. The normalized spacial score (nSPS) is 11.7. The third-order valence-corrected chi connectivity index (χ3v) is 6.90. The largest absolute Gasteiger partial charge is 0.494 e. The number of carbonyl (C=O) groups excluding carboxylic acids is 2. The van der Waals surface area contributed by atoms with E-state index >= 15 is 0 Å². The molecule has 3 rings (SSSR count). The zero-order chi connectivity index (χ0) is 27.5. The lowest BCUT2D eigenvalue weighted by atomic mass is 10.0. The van der Waals surface area contributed by atoms with Gasteiger partial charge in [-0.2, -0.15) is 0 Å². The van der Waals surface area contributed by atoms with E-state index in [9.17, 15) is 9.59 Å². The number of carbonyl (C=O) groups is 2. The van der Waals surface area contributed by atoms with Gasteiger partial charge in [-0.25, -0.2) is 0 Å². The van der Waals surface area contributed by atoms with Crippen LogP contribution in [0.4, 0.5) is 0 Å².